The van der Waals surface area contributed by atoms with E-state index in [1.807, 2.05) is 29.2 Å². The molecule has 0 fully saturated rings. The van der Waals surface area contributed by atoms with Crippen LogP contribution >= 0.6 is 11.6 Å². The second-order valence-corrected chi connectivity index (χ2v) is 8.00. The molecule has 2 amide bonds. The molecule has 2 aliphatic heterocycles. The zero-order chi connectivity index (χ0) is 21.7. The Morgan fingerprint density at radius 3 is 2.35 bits per heavy atom. The summed E-state index contributed by atoms with van der Waals surface area (Å²) in [6.07, 6.45) is 0.772. The fraction of sp³-hybridized carbons (Fsp3) is 0.120. The molecule has 0 spiro atoms. The average molecular weight is 433 g/mol. The van der Waals surface area contributed by atoms with Crippen LogP contribution in [0.25, 0.3) is 5.57 Å². The molecule has 0 aromatic heterocycles. The molecular formula is C25H18ClFN2O2. The highest BCUT2D eigenvalue weighted by molar-refractivity contribution is 6.46. The zero-order valence-electron chi connectivity index (χ0n) is 16.7. The van der Waals surface area contributed by atoms with Crippen LogP contribution in [0.4, 0.5) is 15.8 Å². The molecule has 154 valence electrons. The molecule has 3 aromatic rings. The number of para-hydroxylation sites is 1. The van der Waals surface area contributed by atoms with Gasteiger partial charge in [-0.1, -0.05) is 48.0 Å². The molecule has 0 N–H and O–H groups in total. The third-order valence-electron chi connectivity index (χ3n) is 5.83. The van der Waals surface area contributed by atoms with Gasteiger partial charge in [0.25, 0.3) is 11.8 Å². The van der Waals surface area contributed by atoms with E-state index in [0.29, 0.717) is 34.1 Å². The summed E-state index contributed by atoms with van der Waals surface area (Å²) in [6, 6.07) is 18.6. The molecule has 0 atom stereocenters. The van der Waals surface area contributed by atoms with E-state index in [2.05, 4.69) is 0 Å². The quantitative estimate of drug-likeness (QED) is 0.538. The molecule has 4 nitrogen and oxygen atoms in total. The van der Waals surface area contributed by atoms with Crippen LogP contribution in [0.3, 0.4) is 0 Å². The van der Waals surface area contributed by atoms with E-state index in [0.717, 1.165) is 17.7 Å². The number of halogens is 2. The maximum absolute atomic E-state index is 13.7. The molecule has 3 aromatic carbocycles. The van der Waals surface area contributed by atoms with E-state index in [1.54, 1.807) is 25.1 Å². The first-order valence-electron chi connectivity index (χ1n) is 9.97. The van der Waals surface area contributed by atoms with Crippen LogP contribution in [0.2, 0.25) is 5.02 Å². The third kappa shape index (κ3) is 3.04. The van der Waals surface area contributed by atoms with Gasteiger partial charge in [0, 0.05) is 17.3 Å². The number of carbonyl (C=O) groups is 2. The fourth-order valence-corrected chi connectivity index (χ4v) is 4.44. The summed E-state index contributed by atoms with van der Waals surface area (Å²) < 4.78 is 13.6. The van der Waals surface area contributed by atoms with E-state index in [9.17, 15) is 14.0 Å². The van der Waals surface area contributed by atoms with Crippen LogP contribution in [0.15, 0.2) is 72.4 Å². The monoisotopic (exact) mass is 432 g/mol. The van der Waals surface area contributed by atoms with Crippen LogP contribution in [0, 0.1) is 12.7 Å². The summed E-state index contributed by atoms with van der Waals surface area (Å²) in [7, 11) is 0. The van der Waals surface area contributed by atoms with Gasteiger partial charge in [-0.25, -0.2) is 9.29 Å². The lowest BCUT2D eigenvalue weighted by molar-refractivity contribution is -0.120. The number of nitrogens with zero attached hydrogens (tertiary/aromatic N) is 2. The Kier molecular flexibility index (Phi) is 4.63. The van der Waals surface area contributed by atoms with Crippen LogP contribution in [0.5, 0.6) is 0 Å². The lowest BCUT2D eigenvalue weighted by atomic mass is 10.0. The number of hydrogen-bond donors (Lipinski definition) is 0. The second kappa shape index (κ2) is 7.36. The number of imide groups is 1. The van der Waals surface area contributed by atoms with Gasteiger partial charge in [-0.3, -0.25) is 9.59 Å². The van der Waals surface area contributed by atoms with E-state index in [1.165, 1.54) is 29.2 Å². The summed E-state index contributed by atoms with van der Waals surface area (Å²) in [6.45, 7) is 2.36. The van der Waals surface area contributed by atoms with E-state index >= 15 is 0 Å². The number of anilines is 2. The number of hydrogen-bond acceptors (Lipinski definition) is 3. The normalized spacial score (nSPS) is 15.8. The standard InChI is InChI=1S/C25H18ClFN2O2/c1-15-19(26)6-4-8-20(15)29-24(30)22(17-9-11-18(27)12-10-17)23(25(29)31)28-14-13-16-5-2-3-7-21(16)28/h2-12H,13-14H2,1H3. The predicted molar refractivity (Wildman–Crippen MR) is 119 cm³/mol. The SMILES string of the molecule is Cc1c(Cl)cccc1N1C(=O)C(c2ccc(F)cc2)=C(N2CCc3ccccc32)C1=O. The minimum atomic E-state index is -0.443. The van der Waals surface area contributed by atoms with Crippen molar-refractivity contribution in [3.8, 4) is 0 Å². The van der Waals surface area contributed by atoms with Crippen molar-refractivity contribution in [2.45, 2.75) is 13.3 Å². The molecule has 5 rings (SSSR count). The van der Waals surface area contributed by atoms with Crippen molar-refractivity contribution in [1.82, 2.24) is 0 Å². The molecule has 6 heteroatoms. The predicted octanol–water partition coefficient (Wildman–Crippen LogP) is 5.13. The maximum atomic E-state index is 13.7. The summed E-state index contributed by atoms with van der Waals surface area (Å²) in [5, 5.41) is 0.474. The second-order valence-electron chi connectivity index (χ2n) is 7.59. The fourth-order valence-electron chi connectivity index (χ4n) is 4.27. The van der Waals surface area contributed by atoms with Gasteiger partial charge in [0.2, 0.25) is 0 Å². The van der Waals surface area contributed by atoms with Crippen molar-refractivity contribution in [3.63, 3.8) is 0 Å². The Morgan fingerprint density at radius 2 is 1.58 bits per heavy atom. The van der Waals surface area contributed by atoms with Gasteiger partial charge >= 0.3 is 0 Å². The Bertz CT molecular complexity index is 1270. The Hall–Kier alpha value is -3.44. The number of rotatable bonds is 3. The first kappa shape index (κ1) is 19.5. The van der Waals surface area contributed by atoms with Crippen LogP contribution in [0.1, 0.15) is 16.7 Å². The van der Waals surface area contributed by atoms with Gasteiger partial charge < -0.3 is 4.90 Å². The average Bonchev–Trinajstić information content (AvgIpc) is 3.29. The van der Waals surface area contributed by atoms with Gasteiger partial charge in [-0.2, -0.15) is 0 Å². The first-order valence-corrected chi connectivity index (χ1v) is 10.3. The Morgan fingerprint density at radius 1 is 0.871 bits per heavy atom. The highest BCUT2D eigenvalue weighted by Gasteiger charge is 2.44. The molecule has 0 aliphatic carbocycles. The summed E-state index contributed by atoms with van der Waals surface area (Å²) in [4.78, 5) is 30.4. The van der Waals surface area contributed by atoms with Crippen LogP contribution in [-0.2, 0) is 16.0 Å². The van der Waals surface area contributed by atoms with Gasteiger partial charge in [0.15, 0.2) is 0 Å². The van der Waals surface area contributed by atoms with Crippen molar-refractivity contribution >= 4 is 40.4 Å². The topological polar surface area (TPSA) is 40.6 Å². The largest absolute Gasteiger partial charge is 0.336 e. The summed E-state index contributed by atoms with van der Waals surface area (Å²) in [5.41, 5.74) is 4.19. The Balaban J connectivity index is 1.71. The molecule has 0 unspecified atom stereocenters. The van der Waals surface area contributed by atoms with Gasteiger partial charge in [0.05, 0.1) is 11.3 Å². The van der Waals surface area contributed by atoms with Crippen molar-refractivity contribution < 1.29 is 14.0 Å². The van der Waals surface area contributed by atoms with Gasteiger partial charge in [-0.05, 0) is 60.4 Å². The molecule has 2 heterocycles. The number of benzene rings is 3. The zero-order valence-corrected chi connectivity index (χ0v) is 17.5. The van der Waals surface area contributed by atoms with Crippen molar-refractivity contribution in [2.24, 2.45) is 0 Å². The lowest BCUT2D eigenvalue weighted by Gasteiger charge is -2.22. The van der Waals surface area contributed by atoms with Crippen molar-refractivity contribution in [1.29, 1.82) is 0 Å². The number of carbonyl (C=O) groups excluding carboxylic acids is 2. The summed E-state index contributed by atoms with van der Waals surface area (Å²) in [5.74, 6) is -1.26. The van der Waals surface area contributed by atoms with Crippen molar-refractivity contribution in [3.05, 3.63) is 100.0 Å². The van der Waals surface area contributed by atoms with Crippen LogP contribution < -0.4 is 9.80 Å². The molecule has 0 radical (unpaired) electrons. The van der Waals surface area contributed by atoms with Crippen LogP contribution in [-0.4, -0.2) is 18.4 Å². The number of fused-ring (bicyclic) bond motifs is 1. The van der Waals surface area contributed by atoms with E-state index in [-0.39, 0.29) is 5.57 Å². The first-order chi connectivity index (χ1) is 15.0. The van der Waals surface area contributed by atoms with E-state index in [4.69, 9.17) is 11.6 Å². The maximum Gasteiger partial charge on any atom is 0.282 e. The highest BCUT2D eigenvalue weighted by atomic mass is 35.5. The molecule has 0 saturated heterocycles. The van der Waals surface area contributed by atoms with Crippen molar-refractivity contribution in [2.75, 3.05) is 16.3 Å². The van der Waals surface area contributed by atoms with E-state index < -0.39 is 17.6 Å². The smallest absolute Gasteiger partial charge is 0.282 e. The molecular weight excluding hydrogens is 415 g/mol. The highest BCUT2D eigenvalue weighted by Crippen LogP contribution is 2.41. The lowest BCUT2D eigenvalue weighted by Crippen LogP contribution is -2.35. The number of amides is 2. The molecule has 0 bridgehead atoms. The molecule has 31 heavy (non-hydrogen) atoms. The minimum Gasteiger partial charge on any atom is -0.336 e. The Labute approximate surface area is 184 Å². The molecule has 0 saturated carbocycles. The van der Waals surface area contributed by atoms with Gasteiger partial charge in [0.1, 0.15) is 11.5 Å². The molecule has 2 aliphatic rings. The summed E-state index contributed by atoms with van der Waals surface area (Å²) >= 11 is 6.27. The third-order valence-corrected chi connectivity index (χ3v) is 6.24. The minimum absolute atomic E-state index is 0.265. The van der Waals surface area contributed by atoms with Gasteiger partial charge in [-0.15, -0.1) is 0 Å².